The number of fused-ring (bicyclic) bond motifs is 1. The van der Waals surface area contributed by atoms with Crippen LogP contribution in [-0.4, -0.2) is 30.9 Å². The summed E-state index contributed by atoms with van der Waals surface area (Å²) >= 11 is 3.58. The Morgan fingerprint density at radius 2 is 2.16 bits per heavy atom. The summed E-state index contributed by atoms with van der Waals surface area (Å²) in [7, 11) is 0. The lowest BCUT2D eigenvalue weighted by atomic mass is 10.2. The number of rotatable bonds is 8. The van der Waals surface area contributed by atoms with Gasteiger partial charge in [-0.05, 0) is 38.1 Å². The van der Waals surface area contributed by atoms with Crippen molar-refractivity contribution in [3.8, 4) is 0 Å². The summed E-state index contributed by atoms with van der Waals surface area (Å²) in [6.45, 7) is 6.69. The molecule has 0 saturated heterocycles. The van der Waals surface area contributed by atoms with E-state index < -0.39 is 0 Å². The van der Waals surface area contributed by atoms with E-state index in [9.17, 15) is 0 Å². The zero-order valence-electron chi connectivity index (χ0n) is 11.4. The van der Waals surface area contributed by atoms with Gasteiger partial charge in [-0.2, -0.15) is 0 Å². The third-order valence-electron chi connectivity index (χ3n) is 3.14. The van der Waals surface area contributed by atoms with Crippen LogP contribution < -0.4 is 5.32 Å². The van der Waals surface area contributed by atoms with Crippen LogP contribution in [0.1, 0.15) is 13.3 Å². The number of hydrogen-bond acceptors (Lipinski definition) is 2. The van der Waals surface area contributed by atoms with Gasteiger partial charge in [-0.25, -0.2) is 0 Å². The van der Waals surface area contributed by atoms with Gasteiger partial charge in [-0.3, -0.25) is 0 Å². The molecule has 1 aromatic carbocycles. The fourth-order valence-electron chi connectivity index (χ4n) is 2.15. The molecule has 0 aliphatic rings. The smallest absolute Gasteiger partial charge is 0.0492 e. The molecule has 0 amide bonds. The molecule has 0 atom stereocenters. The second kappa shape index (κ2) is 7.68. The van der Waals surface area contributed by atoms with Crippen LogP contribution >= 0.6 is 15.9 Å². The van der Waals surface area contributed by atoms with Gasteiger partial charge in [0.15, 0.2) is 0 Å². The van der Waals surface area contributed by atoms with Crippen LogP contribution in [0.4, 0.5) is 0 Å². The zero-order chi connectivity index (χ0) is 13.5. The second-order valence-corrected chi connectivity index (χ2v) is 5.34. The lowest BCUT2D eigenvalue weighted by Gasteiger charge is -2.07. The first kappa shape index (κ1) is 14.6. The van der Waals surface area contributed by atoms with Gasteiger partial charge in [0, 0.05) is 47.9 Å². The fourth-order valence-corrected chi connectivity index (χ4v) is 2.64. The summed E-state index contributed by atoms with van der Waals surface area (Å²) in [6, 6.07) is 8.49. The normalized spacial score (nSPS) is 11.3. The number of nitrogens with one attached hydrogen (secondary N) is 1. The molecule has 0 bridgehead atoms. The largest absolute Gasteiger partial charge is 0.382 e. The van der Waals surface area contributed by atoms with Crippen molar-refractivity contribution in [1.29, 1.82) is 0 Å². The lowest BCUT2D eigenvalue weighted by Crippen LogP contribution is -2.21. The van der Waals surface area contributed by atoms with Gasteiger partial charge in [0.1, 0.15) is 0 Å². The van der Waals surface area contributed by atoms with Gasteiger partial charge < -0.3 is 14.6 Å². The van der Waals surface area contributed by atoms with Gasteiger partial charge >= 0.3 is 0 Å². The van der Waals surface area contributed by atoms with Crippen LogP contribution in [-0.2, 0) is 11.3 Å². The van der Waals surface area contributed by atoms with Crippen LogP contribution in [0.3, 0.4) is 0 Å². The van der Waals surface area contributed by atoms with Crippen molar-refractivity contribution in [2.24, 2.45) is 0 Å². The Morgan fingerprint density at radius 1 is 1.26 bits per heavy atom. The third kappa shape index (κ3) is 4.06. The first-order valence-electron chi connectivity index (χ1n) is 6.84. The molecule has 0 aliphatic carbocycles. The Morgan fingerprint density at radius 3 is 3.00 bits per heavy atom. The summed E-state index contributed by atoms with van der Waals surface area (Å²) in [5, 5.41) is 4.73. The van der Waals surface area contributed by atoms with E-state index >= 15 is 0 Å². The van der Waals surface area contributed by atoms with E-state index in [2.05, 4.69) is 56.3 Å². The molecule has 0 saturated carbocycles. The predicted octanol–water partition coefficient (Wildman–Crippen LogP) is 3.42. The summed E-state index contributed by atoms with van der Waals surface area (Å²) in [5.41, 5.74) is 1.28. The SMILES string of the molecule is CCOCCCNCCn1ccc2c(Br)cccc21. The topological polar surface area (TPSA) is 26.2 Å². The first-order valence-corrected chi connectivity index (χ1v) is 7.64. The van der Waals surface area contributed by atoms with E-state index in [0.29, 0.717) is 0 Å². The van der Waals surface area contributed by atoms with Crippen LogP contribution in [0.25, 0.3) is 10.9 Å². The molecule has 0 aliphatic heterocycles. The third-order valence-corrected chi connectivity index (χ3v) is 3.83. The number of benzene rings is 1. The van der Waals surface area contributed by atoms with E-state index in [-0.39, 0.29) is 0 Å². The molecule has 2 aromatic rings. The summed E-state index contributed by atoms with van der Waals surface area (Å²) < 4.78 is 8.75. The second-order valence-electron chi connectivity index (χ2n) is 4.48. The highest BCUT2D eigenvalue weighted by atomic mass is 79.9. The van der Waals surface area contributed by atoms with Gasteiger partial charge in [-0.15, -0.1) is 0 Å². The van der Waals surface area contributed by atoms with Crippen LogP contribution in [0, 0.1) is 0 Å². The molecule has 1 aromatic heterocycles. The van der Waals surface area contributed by atoms with Crippen molar-refractivity contribution < 1.29 is 4.74 Å². The van der Waals surface area contributed by atoms with Gasteiger partial charge in [0.05, 0.1) is 0 Å². The molecule has 0 spiro atoms. The van der Waals surface area contributed by atoms with E-state index in [1.54, 1.807) is 0 Å². The summed E-state index contributed by atoms with van der Waals surface area (Å²) in [4.78, 5) is 0. The molecule has 1 N–H and O–H groups in total. The molecular weight excluding hydrogens is 304 g/mol. The Kier molecular flexibility index (Phi) is 5.89. The molecule has 1 heterocycles. The van der Waals surface area contributed by atoms with Gasteiger partial charge in [0.25, 0.3) is 0 Å². The van der Waals surface area contributed by atoms with E-state index in [1.165, 1.54) is 10.9 Å². The maximum Gasteiger partial charge on any atom is 0.0492 e. The Balaban J connectivity index is 1.77. The number of nitrogens with zero attached hydrogens (tertiary/aromatic N) is 1. The molecule has 0 unspecified atom stereocenters. The maximum atomic E-state index is 5.31. The van der Waals surface area contributed by atoms with Crippen molar-refractivity contribution in [3.63, 3.8) is 0 Å². The van der Waals surface area contributed by atoms with Gasteiger partial charge in [0.2, 0.25) is 0 Å². The highest BCUT2D eigenvalue weighted by Gasteiger charge is 2.02. The van der Waals surface area contributed by atoms with Crippen LogP contribution in [0.15, 0.2) is 34.9 Å². The van der Waals surface area contributed by atoms with Crippen LogP contribution in [0.5, 0.6) is 0 Å². The average Bonchev–Trinajstić information content (AvgIpc) is 2.83. The number of hydrogen-bond donors (Lipinski definition) is 1. The molecule has 4 heteroatoms. The van der Waals surface area contributed by atoms with E-state index in [1.807, 2.05) is 6.92 Å². The Bertz CT molecular complexity index is 510. The van der Waals surface area contributed by atoms with E-state index in [4.69, 9.17) is 4.74 Å². The highest BCUT2D eigenvalue weighted by molar-refractivity contribution is 9.10. The summed E-state index contributed by atoms with van der Waals surface area (Å²) in [6.07, 6.45) is 3.23. The zero-order valence-corrected chi connectivity index (χ0v) is 12.9. The Labute approximate surface area is 123 Å². The molecule has 2 rings (SSSR count). The van der Waals surface area contributed by atoms with Crippen molar-refractivity contribution in [2.75, 3.05) is 26.3 Å². The molecule has 19 heavy (non-hydrogen) atoms. The molecule has 3 nitrogen and oxygen atoms in total. The molecule has 0 fully saturated rings. The van der Waals surface area contributed by atoms with Crippen molar-refractivity contribution in [3.05, 3.63) is 34.9 Å². The first-order chi connectivity index (χ1) is 9.33. The van der Waals surface area contributed by atoms with Crippen molar-refractivity contribution >= 4 is 26.8 Å². The van der Waals surface area contributed by atoms with Gasteiger partial charge in [-0.1, -0.05) is 22.0 Å². The van der Waals surface area contributed by atoms with Crippen molar-refractivity contribution in [1.82, 2.24) is 9.88 Å². The average molecular weight is 325 g/mol. The monoisotopic (exact) mass is 324 g/mol. The number of halogens is 1. The minimum atomic E-state index is 0.810. The molecule has 104 valence electrons. The molecule has 0 radical (unpaired) electrons. The highest BCUT2D eigenvalue weighted by Crippen LogP contribution is 2.24. The maximum absolute atomic E-state index is 5.31. The lowest BCUT2D eigenvalue weighted by molar-refractivity contribution is 0.145. The minimum absolute atomic E-state index is 0.810. The number of ether oxygens (including phenoxy) is 1. The van der Waals surface area contributed by atoms with Crippen LogP contribution in [0.2, 0.25) is 0 Å². The molecular formula is C15H21BrN2O. The Hall–Kier alpha value is -0.840. The fraction of sp³-hybridized carbons (Fsp3) is 0.467. The predicted molar refractivity (Wildman–Crippen MR) is 83.6 cm³/mol. The minimum Gasteiger partial charge on any atom is -0.382 e. The van der Waals surface area contributed by atoms with E-state index in [0.717, 1.165) is 43.7 Å². The van der Waals surface area contributed by atoms with Crippen molar-refractivity contribution in [2.45, 2.75) is 19.9 Å². The standard InChI is InChI=1S/C15H21BrN2O/c1-2-19-12-4-8-17-9-11-18-10-7-13-14(16)5-3-6-15(13)18/h3,5-7,10,17H,2,4,8-9,11-12H2,1H3. The summed E-state index contributed by atoms with van der Waals surface area (Å²) in [5.74, 6) is 0. The number of aromatic nitrogens is 1. The quantitative estimate of drug-likeness (QED) is 0.753.